The van der Waals surface area contributed by atoms with Crippen molar-refractivity contribution in [3.05, 3.63) is 71.8 Å². The number of phosphoric ester groups is 1. The molecule has 0 heterocycles. The zero-order valence-electron chi connectivity index (χ0n) is 25.2. The van der Waals surface area contributed by atoms with Gasteiger partial charge in [0.05, 0.1) is 33.4 Å². The Morgan fingerprint density at radius 1 is 0.841 bits per heavy atom. The van der Waals surface area contributed by atoms with Crippen molar-refractivity contribution >= 4 is 42.5 Å². The predicted octanol–water partition coefficient (Wildman–Crippen LogP) is 3.77. The molecule has 2 rings (SSSR count). The van der Waals surface area contributed by atoms with Crippen LogP contribution < -0.4 is 10.6 Å². The van der Waals surface area contributed by atoms with Crippen LogP contribution in [0.15, 0.2) is 60.7 Å². The van der Waals surface area contributed by atoms with Gasteiger partial charge in [-0.1, -0.05) is 86.3 Å². The van der Waals surface area contributed by atoms with Gasteiger partial charge >= 0.3 is 13.8 Å². The standard InChI is InChI=1S/C30H41N2O10PS/c1-30(2,28(36)29(37)32-17-16-25(33)31-18-19-44-27(35)15-14-26(34)39-3)22-42-43(38,40-20-23-10-6-4-7-11-23)41-21-24-12-8-5-9-13-24/h4-13,28,36H,14-22H2,1-3H3,(H,31,33)(H,32,37)/t28-/m0/s1. The number of nitrogens with one attached hydrogen (secondary N) is 2. The van der Waals surface area contributed by atoms with Gasteiger partial charge < -0.3 is 20.5 Å². The molecular weight excluding hydrogens is 611 g/mol. The van der Waals surface area contributed by atoms with E-state index in [4.69, 9.17) is 13.6 Å². The molecule has 2 aromatic carbocycles. The molecule has 0 aromatic heterocycles. The van der Waals surface area contributed by atoms with E-state index in [0.717, 1.165) is 22.9 Å². The van der Waals surface area contributed by atoms with E-state index in [-0.39, 0.29) is 63.2 Å². The summed E-state index contributed by atoms with van der Waals surface area (Å²) in [6, 6.07) is 18.2. The van der Waals surface area contributed by atoms with E-state index in [1.54, 1.807) is 38.1 Å². The van der Waals surface area contributed by atoms with Gasteiger partial charge in [0, 0.05) is 37.1 Å². The molecule has 0 bridgehead atoms. The molecule has 1 atom stereocenters. The Morgan fingerprint density at radius 2 is 1.41 bits per heavy atom. The second-order valence-electron chi connectivity index (χ2n) is 10.3. The van der Waals surface area contributed by atoms with Crippen molar-refractivity contribution in [3.63, 3.8) is 0 Å². The SMILES string of the molecule is COC(=O)CCC(=O)SCCNC(=O)CCNC(=O)[C@H](O)C(C)(C)COP(=O)(OCc1ccccc1)OCc1ccccc1. The molecule has 0 unspecified atom stereocenters. The Bertz CT molecular complexity index is 1200. The fraction of sp³-hybridized carbons (Fsp3) is 0.467. The fourth-order valence-electron chi connectivity index (χ4n) is 3.46. The van der Waals surface area contributed by atoms with Gasteiger partial charge in [-0.15, -0.1) is 0 Å². The van der Waals surface area contributed by atoms with E-state index in [1.165, 1.54) is 7.11 Å². The molecule has 0 saturated heterocycles. The number of aliphatic hydroxyl groups is 1. The van der Waals surface area contributed by atoms with Crippen LogP contribution in [0.1, 0.15) is 44.2 Å². The van der Waals surface area contributed by atoms with Crippen LogP contribution >= 0.6 is 19.6 Å². The molecule has 2 amide bonds. The number of hydrogen-bond donors (Lipinski definition) is 3. The van der Waals surface area contributed by atoms with Crippen molar-refractivity contribution in [1.29, 1.82) is 0 Å². The minimum absolute atomic E-state index is 0.00650. The number of amides is 2. The van der Waals surface area contributed by atoms with Crippen LogP contribution in [0.3, 0.4) is 0 Å². The molecule has 14 heteroatoms. The lowest BCUT2D eigenvalue weighted by molar-refractivity contribution is -0.141. The van der Waals surface area contributed by atoms with Crippen LogP contribution in [0.25, 0.3) is 0 Å². The van der Waals surface area contributed by atoms with E-state index in [9.17, 15) is 28.8 Å². The topological polar surface area (TPSA) is 167 Å². The van der Waals surface area contributed by atoms with E-state index in [2.05, 4.69) is 15.4 Å². The van der Waals surface area contributed by atoms with Gasteiger partial charge in [-0.25, -0.2) is 4.57 Å². The van der Waals surface area contributed by atoms with Crippen molar-refractivity contribution in [3.8, 4) is 0 Å². The van der Waals surface area contributed by atoms with Gasteiger partial charge in [0.25, 0.3) is 0 Å². The van der Waals surface area contributed by atoms with Gasteiger partial charge in [-0.2, -0.15) is 0 Å². The summed E-state index contributed by atoms with van der Waals surface area (Å²) in [5.74, 6) is -1.21. The van der Waals surface area contributed by atoms with Gasteiger partial charge in [0.1, 0.15) is 6.10 Å². The summed E-state index contributed by atoms with van der Waals surface area (Å²) in [5.41, 5.74) is 0.307. The molecule has 44 heavy (non-hydrogen) atoms. The van der Waals surface area contributed by atoms with Crippen LogP contribution in [0, 0.1) is 5.41 Å². The summed E-state index contributed by atoms with van der Waals surface area (Å²) >= 11 is 1.00. The lowest BCUT2D eigenvalue weighted by Gasteiger charge is -2.30. The molecule has 0 aliphatic rings. The fourth-order valence-corrected chi connectivity index (χ4v) is 5.47. The summed E-state index contributed by atoms with van der Waals surface area (Å²) in [6.07, 6.45) is -1.55. The molecule has 0 spiro atoms. The first-order valence-corrected chi connectivity index (χ1v) is 16.4. The third-order valence-corrected chi connectivity index (χ3v) is 8.42. The predicted molar refractivity (Wildman–Crippen MR) is 165 cm³/mol. The molecule has 0 aliphatic carbocycles. The maximum Gasteiger partial charge on any atom is 0.475 e. The number of rotatable bonds is 20. The molecule has 0 aliphatic heterocycles. The number of hydrogen-bond acceptors (Lipinski definition) is 11. The first-order chi connectivity index (χ1) is 20.9. The summed E-state index contributed by atoms with van der Waals surface area (Å²) in [7, 11) is -2.87. The Kier molecular flexibility index (Phi) is 16.3. The van der Waals surface area contributed by atoms with E-state index in [1.807, 2.05) is 36.4 Å². The number of carbonyl (C=O) groups is 4. The Morgan fingerprint density at radius 3 is 1.95 bits per heavy atom. The van der Waals surface area contributed by atoms with Crippen LogP contribution in [0.4, 0.5) is 0 Å². The zero-order chi connectivity index (χ0) is 32.4. The Hall–Kier alpha value is -3.06. The maximum atomic E-state index is 13.5. The highest BCUT2D eigenvalue weighted by Gasteiger charge is 2.38. The van der Waals surface area contributed by atoms with Crippen LogP contribution in [-0.4, -0.2) is 66.7 Å². The van der Waals surface area contributed by atoms with Gasteiger partial charge in [-0.05, 0) is 11.1 Å². The van der Waals surface area contributed by atoms with Crippen molar-refractivity contribution in [2.45, 2.75) is 52.4 Å². The summed E-state index contributed by atoms with van der Waals surface area (Å²) in [5, 5.41) is 15.7. The van der Waals surface area contributed by atoms with E-state index >= 15 is 0 Å². The maximum absolute atomic E-state index is 13.5. The molecule has 0 radical (unpaired) electrons. The normalized spacial score (nSPS) is 12.3. The Labute approximate surface area is 262 Å². The summed E-state index contributed by atoms with van der Waals surface area (Å²) < 4.78 is 34.8. The number of methoxy groups -OCH3 is 1. The van der Waals surface area contributed by atoms with Crippen LogP contribution in [0.5, 0.6) is 0 Å². The first-order valence-electron chi connectivity index (χ1n) is 14.0. The summed E-state index contributed by atoms with van der Waals surface area (Å²) in [4.78, 5) is 47.5. The molecular formula is C30H41N2O10PS. The average Bonchev–Trinajstić information content (AvgIpc) is 3.03. The molecule has 242 valence electrons. The van der Waals surface area contributed by atoms with Crippen molar-refractivity contribution < 1.29 is 47.2 Å². The molecule has 0 fully saturated rings. The number of ether oxygens (including phenoxy) is 1. The van der Waals surface area contributed by atoms with Crippen LogP contribution in [-0.2, 0) is 55.3 Å². The van der Waals surface area contributed by atoms with Crippen molar-refractivity contribution in [1.82, 2.24) is 10.6 Å². The van der Waals surface area contributed by atoms with E-state index in [0.29, 0.717) is 5.75 Å². The third-order valence-electron chi connectivity index (χ3n) is 6.15. The number of aliphatic hydroxyl groups excluding tert-OH is 1. The molecule has 3 N–H and O–H groups in total. The number of benzene rings is 2. The number of esters is 1. The minimum atomic E-state index is -4.12. The largest absolute Gasteiger partial charge is 0.475 e. The van der Waals surface area contributed by atoms with Crippen molar-refractivity contribution in [2.24, 2.45) is 5.41 Å². The first kappa shape index (κ1) is 37.1. The monoisotopic (exact) mass is 652 g/mol. The highest BCUT2D eigenvalue weighted by Crippen LogP contribution is 2.52. The smallest absolute Gasteiger partial charge is 0.469 e. The van der Waals surface area contributed by atoms with Gasteiger partial charge in [-0.3, -0.25) is 32.7 Å². The Balaban J connectivity index is 1.79. The zero-order valence-corrected chi connectivity index (χ0v) is 26.9. The quantitative estimate of drug-likeness (QED) is 0.108. The van der Waals surface area contributed by atoms with Crippen LogP contribution in [0.2, 0.25) is 0 Å². The second-order valence-corrected chi connectivity index (χ2v) is 13.1. The van der Waals surface area contributed by atoms with E-state index < -0.39 is 31.2 Å². The van der Waals surface area contributed by atoms with Gasteiger partial charge in [0.15, 0.2) is 5.12 Å². The molecule has 0 saturated carbocycles. The van der Waals surface area contributed by atoms with Crippen molar-refractivity contribution in [2.75, 3.05) is 32.6 Å². The minimum Gasteiger partial charge on any atom is -0.469 e. The molecule has 12 nitrogen and oxygen atoms in total. The third kappa shape index (κ3) is 14.6. The van der Waals surface area contributed by atoms with Gasteiger partial charge in [0.2, 0.25) is 11.8 Å². The lowest BCUT2D eigenvalue weighted by Crippen LogP contribution is -2.46. The average molecular weight is 653 g/mol. The highest BCUT2D eigenvalue weighted by atomic mass is 32.2. The molecule has 2 aromatic rings. The number of phosphoric acid groups is 1. The summed E-state index contributed by atoms with van der Waals surface area (Å²) in [6.45, 7) is 2.90. The highest BCUT2D eigenvalue weighted by molar-refractivity contribution is 8.13. The lowest BCUT2D eigenvalue weighted by atomic mass is 9.87. The number of carbonyl (C=O) groups excluding carboxylic acids is 4. The second kappa shape index (κ2) is 19.4. The number of thioether (sulfide) groups is 1.